The molecule has 5 heteroatoms. The van der Waals surface area contributed by atoms with E-state index in [1.807, 2.05) is 37.3 Å². The number of rotatable bonds is 5. The van der Waals surface area contributed by atoms with Crippen LogP contribution in [0.4, 0.5) is 0 Å². The number of aliphatic carboxylic acids is 1. The molecule has 0 amide bonds. The van der Waals surface area contributed by atoms with Crippen LogP contribution < -0.4 is 0 Å². The van der Waals surface area contributed by atoms with E-state index in [2.05, 4.69) is 5.10 Å². The van der Waals surface area contributed by atoms with Crippen LogP contribution in [0.3, 0.4) is 0 Å². The fourth-order valence-corrected chi connectivity index (χ4v) is 2.52. The number of aromatic nitrogens is 2. The Bertz CT molecular complexity index is 608. The molecule has 1 aromatic carbocycles. The lowest BCUT2D eigenvalue weighted by atomic mass is 9.94. The summed E-state index contributed by atoms with van der Waals surface area (Å²) in [5.41, 5.74) is 2.51. The van der Waals surface area contributed by atoms with Crippen LogP contribution in [0.15, 0.2) is 30.3 Å². The lowest BCUT2D eigenvalue weighted by Gasteiger charge is -2.13. The summed E-state index contributed by atoms with van der Waals surface area (Å²) in [4.78, 5) is 11.5. The Morgan fingerprint density at radius 2 is 2.00 bits per heavy atom. The summed E-state index contributed by atoms with van der Waals surface area (Å²) in [5.74, 6) is -1.33. The fraction of sp³-hybridized carbons (Fsp3) is 0.333. The maximum atomic E-state index is 11.5. The van der Waals surface area contributed by atoms with Crippen LogP contribution in [0.1, 0.15) is 17.0 Å². The van der Waals surface area contributed by atoms with Gasteiger partial charge in [0.05, 0.1) is 22.3 Å². The number of benzene rings is 1. The third-order valence-electron chi connectivity index (χ3n) is 3.38. The lowest BCUT2D eigenvalue weighted by Crippen LogP contribution is -2.20. The topological polar surface area (TPSA) is 55.1 Å². The Morgan fingerprint density at radius 3 is 2.50 bits per heavy atom. The molecule has 1 atom stereocenters. The molecular formula is C15H17ClN2O2. The number of aryl methyl sites for hydroxylation is 2. The van der Waals surface area contributed by atoms with Crippen LogP contribution in [0.25, 0.3) is 0 Å². The van der Waals surface area contributed by atoms with Crippen molar-refractivity contribution < 1.29 is 9.90 Å². The molecule has 2 aromatic rings. The van der Waals surface area contributed by atoms with Crippen LogP contribution in [-0.4, -0.2) is 20.9 Å². The Labute approximate surface area is 123 Å². The van der Waals surface area contributed by atoms with Crippen molar-refractivity contribution in [3.8, 4) is 0 Å². The van der Waals surface area contributed by atoms with Gasteiger partial charge in [-0.05, 0) is 18.9 Å². The third kappa shape index (κ3) is 3.20. The summed E-state index contributed by atoms with van der Waals surface area (Å²) in [6.45, 7) is 1.82. The average molecular weight is 293 g/mol. The van der Waals surface area contributed by atoms with Gasteiger partial charge >= 0.3 is 5.97 Å². The van der Waals surface area contributed by atoms with Gasteiger partial charge in [-0.25, -0.2) is 0 Å². The van der Waals surface area contributed by atoms with Gasteiger partial charge in [-0.1, -0.05) is 41.9 Å². The van der Waals surface area contributed by atoms with E-state index in [1.54, 1.807) is 11.7 Å². The van der Waals surface area contributed by atoms with Crippen LogP contribution in [0, 0.1) is 12.8 Å². The molecule has 20 heavy (non-hydrogen) atoms. The monoisotopic (exact) mass is 292 g/mol. The van der Waals surface area contributed by atoms with Crippen molar-refractivity contribution in [3.63, 3.8) is 0 Å². The first kappa shape index (κ1) is 14.6. The number of carboxylic acids is 1. The molecule has 0 saturated carbocycles. The zero-order chi connectivity index (χ0) is 14.7. The molecule has 1 N–H and O–H groups in total. The first-order valence-corrected chi connectivity index (χ1v) is 6.81. The number of hydrogen-bond acceptors (Lipinski definition) is 2. The third-order valence-corrected chi connectivity index (χ3v) is 3.87. The first-order chi connectivity index (χ1) is 9.49. The van der Waals surface area contributed by atoms with E-state index < -0.39 is 11.9 Å². The van der Waals surface area contributed by atoms with Crippen LogP contribution >= 0.6 is 11.6 Å². The van der Waals surface area contributed by atoms with E-state index in [0.717, 1.165) is 17.0 Å². The van der Waals surface area contributed by atoms with E-state index in [4.69, 9.17) is 11.6 Å². The molecule has 106 valence electrons. The lowest BCUT2D eigenvalue weighted by molar-refractivity contribution is -0.141. The largest absolute Gasteiger partial charge is 0.481 e. The van der Waals surface area contributed by atoms with Gasteiger partial charge in [0.1, 0.15) is 0 Å². The summed E-state index contributed by atoms with van der Waals surface area (Å²) < 4.78 is 1.67. The van der Waals surface area contributed by atoms with Crippen molar-refractivity contribution in [3.05, 3.63) is 52.3 Å². The normalized spacial score (nSPS) is 12.3. The van der Waals surface area contributed by atoms with E-state index in [0.29, 0.717) is 17.9 Å². The van der Waals surface area contributed by atoms with Gasteiger partial charge in [-0.3, -0.25) is 9.48 Å². The van der Waals surface area contributed by atoms with Crippen molar-refractivity contribution in [2.45, 2.75) is 19.8 Å². The smallest absolute Gasteiger partial charge is 0.307 e. The molecule has 1 heterocycles. The molecule has 0 radical (unpaired) electrons. The van der Waals surface area contributed by atoms with Crippen LogP contribution in [0.2, 0.25) is 5.02 Å². The maximum Gasteiger partial charge on any atom is 0.307 e. The SMILES string of the molecule is Cc1nn(C)c(CC(Cc2ccccc2)C(=O)O)c1Cl. The minimum Gasteiger partial charge on any atom is -0.481 e. The van der Waals surface area contributed by atoms with Crippen LogP contribution in [0.5, 0.6) is 0 Å². The van der Waals surface area contributed by atoms with Crippen molar-refractivity contribution in [1.29, 1.82) is 0 Å². The second kappa shape index (κ2) is 6.09. The van der Waals surface area contributed by atoms with Crippen LogP contribution in [-0.2, 0) is 24.7 Å². The number of nitrogens with zero attached hydrogens (tertiary/aromatic N) is 2. The summed E-state index contributed by atoms with van der Waals surface area (Å²) in [6.07, 6.45) is 0.858. The summed E-state index contributed by atoms with van der Waals surface area (Å²) in [6, 6.07) is 9.61. The fourth-order valence-electron chi connectivity index (χ4n) is 2.28. The Balaban J connectivity index is 2.20. The standard InChI is InChI=1S/C15H17ClN2O2/c1-10-14(16)13(18(2)17-10)9-12(15(19)20)8-11-6-4-3-5-7-11/h3-7,12H,8-9H2,1-2H3,(H,19,20). The van der Waals surface area contributed by atoms with E-state index in [1.165, 1.54) is 0 Å². The Hall–Kier alpha value is -1.81. The second-order valence-corrected chi connectivity index (χ2v) is 5.28. The predicted molar refractivity (Wildman–Crippen MR) is 77.9 cm³/mol. The van der Waals surface area contributed by atoms with Gasteiger partial charge in [0.15, 0.2) is 0 Å². The molecular weight excluding hydrogens is 276 g/mol. The number of halogens is 1. The second-order valence-electron chi connectivity index (χ2n) is 4.90. The van der Waals surface area contributed by atoms with Gasteiger partial charge in [0.2, 0.25) is 0 Å². The van der Waals surface area contributed by atoms with Crippen molar-refractivity contribution >= 4 is 17.6 Å². The van der Waals surface area contributed by atoms with E-state index >= 15 is 0 Å². The molecule has 0 bridgehead atoms. The summed E-state index contributed by atoms with van der Waals surface area (Å²) in [5, 5.41) is 14.2. The molecule has 0 aliphatic carbocycles. The number of carboxylic acid groups (broad SMARTS) is 1. The highest BCUT2D eigenvalue weighted by atomic mass is 35.5. The molecule has 1 aromatic heterocycles. The predicted octanol–water partition coefficient (Wildman–Crippen LogP) is 2.87. The molecule has 4 nitrogen and oxygen atoms in total. The zero-order valence-electron chi connectivity index (χ0n) is 11.5. The molecule has 0 aliphatic rings. The highest BCUT2D eigenvalue weighted by molar-refractivity contribution is 6.31. The van der Waals surface area contributed by atoms with E-state index in [9.17, 15) is 9.90 Å². The summed E-state index contributed by atoms with van der Waals surface area (Å²) in [7, 11) is 1.79. The highest BCUT2D eigenvalue weighted by Crippen LogP contribution is 2.24. The van der Waals surface area contributed by atoms with Gasteiger partial charge in [-0.2, -0.15) is 5.10 Å². The van der Waals surface area contributed by atoms with Gasteiger partial charge in [0, 0.05) is 13.5 Å². The van der Waals surface area contributed by atoms with Crippen molar-refractivity contribution in [2.24, 2.45) is 13.0 Å². The molecule has 0 saturated heterocycles. The molecule has 1 unspecified atom stereocenters. The zero-order valence-corrected chi connectivity index (χ0v) is 12.3. The van der Waals surface area contributed by atoms with Gasteiger partial charge in [0.25, 0.3) is 0 Å². The number of hydrogen-bond donors (Lipinski definition) is 1. The van der Waals surface area contributed by atoms with Crippen molar-refractivity contribution in [1.82, 2.24) is 9.78 Å². The van der Waals surface area contributed by atoms with Crippen molar-refractivity contribution in [2.75, 3.05) is 0 Å². The Morgan fingerprint density at radius 1 is 1.35 bits per heavy atom. The minimum absolute atomic E-state index is 0.375. The Kier molecular flexibility index (Phi) is 4.45. The molecule has 0 aliphatic heterocycles. The molecule has 0 spiro atoms. The summed E-state index contributed by atoms with van der Waals surface area (Å²) >= 11 is 6.19. The van der Waals surface area contributed by atoms with Gasteiger partial charge < -0.3 is 5.11 Å². The molecule has 2 rings (SSSR count). The maximum absolute atomic E-state index is 11.5. The average Bonchev–Trinajstić information content (AvgIpc) is 2.65. The van der Waals surface area contributed by atoms with E-state index in [-0.39, 0.29) is 0 Å². The highest BCUT2D eigenvalue weighted by Gasteiger charge is 2.22. The quantitative estimate of drug-likeness (QED) is 0.922. The minimum atomic E-state index is -0.816. The first-order valence-electron chi connectivity index (χ1n) is 6.43. The molecule has 0 fully saturated rings. The number of carbonyl (C=O) groups is 1. The van der Waals surface area contributed by atoms with Gasteiger partial charge in [-0.15, -0.1) is 0 Å².